The molecule has 1 aliphatic heterocycles. The van der Waals surface area contributed by atoms with E-state index >= 15 is 0 Å². The van der Waals surface area contributed by atoms with Crippen LogP contribution in [0.2, 0.25) is 0 Å². The van der Waals surface area contributed by atoms with Gasteiger partial charge < -0.3 is 10.6 Å². The molecule has 1 amide bonds. The van der Waals surface area contributed by atoms with Crippen LogP contribution < -0.4 is 10.6 Å². The van der Waals surface area contributed by atoms with E-state index in [0.717, 1.165) is 25.2 Å². The van der Waals surface area contributed by atoms with Crippen molar-refractivity contribution in [1.29, 1.82) is 0 Å². The zero-order valence-electron chi connectivity index (χ0n) is 13.0. The number of rotatable bonds is 3. The highest BCUT2D eigenvalue weighted by Crippen LogP contribution is 2.24. The fourth-order valence-corrected chi connectivity index (χ4v) is 3.35. The van der Waals surface area contributed by atoms with Crippen LogP contribution in [0.1, 0.15) is 31.4 Å². The van der Waals surface area contributed by atoms with Crippen molar-refractivity contribution in [2.24, 2.45) is 0 Å². The summed E-state index contributed by atoms with van der Waals surface area (Å²) in [5, 5.41) is 6.49. The number of hydrogen-bond acceptors (Lipinski definition) is 3. The van der Waals surface area contributed by atoms with E-state index in [1.165, 1.54) is 24.0 Å². The van der Waals surface area contributed by atoms with Gasteiger partial charge in [0.15, 0.2) is 0 Å². The molecule has 2 unspecified atom stereocenters. The third-order valence-corrected chi connectivity index (χ3v) is 4.62. The van der Waals surface area contributed by atoms with E-state index in [1.54, 1.807) is 0 Å². The molecule has 21 heavy (non-hydrogen) atoms. The predicted molar refractivity (Wildman–Crippen MR) is 85.6 cm³/mol. The molecule has 1 aromatic rings. The lowest BCUT2D eigenvalue weighted by Crippen LogP contribution is -2.55. The molecular weight excluding hydrogens is 262 g/mol. The lowest BCUT2D eigenvalue weighted by atomic mass is 10.1. The third-order valence-electron chi connectivity index (χ3n) is 4.62. The van der Waals surface area contributed by atoms with E-state index in [2.05, 4.69) is 41.5 Å². The number of carbonyl (C=O) groups excluding carboxylic acids is 1. The van der Waals surface area contributed by atoms with Gasteiger partial charge in [0.05, 0.1) is 6.54 Å². The lowest BCUT2D eigenvalue weighted by Gasteiger charge is -2.36. The van der Waals surface area contributed by atoms with Gasteiger partial charge in [0.1, 0.15) is 0 Å². The molecule has 2 N–H and O–H groups in total. The van der Waals surface area contributed by atoms with Gasteiger partial charge >= 0.3 is 0 Å². The molecule has 0 saturated carbocycles. The normalized spacial score (nSPS) is 25.6. The van der Waals surface area contributed by atoms with Gasteiger partial charge in [-0.1, -0.05) is 6.07 Å². The molecule has 3 rings (SSSR count). The zero-order valence-corrected chi connectivity index (χ0v) is 13.0. The molecule has 1 aromatic carbocycles. The molecule has 0 spiro atoms. The highest BCUT2D eigenvalue weighted by atomic mass is 16.2. The predicted octanol–water partition coefficient (Wildman–Crippen LogP) is 1.80. The van der Waals surface area contributed by atoms with E-state index in [4.69, 9.17) is 0 Å². The molecule has 1 saturated heterocycles. The average molecular weight is 287 g/mol. The van der Waals surface area contributed by atoms with Crippen LogP contribution >= 0.6 is 0 Å². The largest absolute Gasteiger partial charge is 0.325 e. The molecule has 0 bridgehead atoms. The molecule has 114 valence electrons. The summed E-state index contributed by atoms with van der Waals surface area (Å²) in [7, 11) is 0. The van der Waals surface area contributed by atoms with Crippen LogP contribution in [0, 0.1) is 0 Å². The van der Waals surface area contributed by atoms with Gasteiger partial charge in [-0.2, -0.15) is 0 Å². The van der Waals surface area contributed by atoms with Crippen molar-refractivity contribution in [2.45, 2.75) is 45.2 Å². The quantitative estimate of drug-likeness (QED) is 0.891. The minimum atomic E-state index is 0.0916. The van der Waals surface area contributed by atoms with Crippen molar-refractivity contribution < 1.29 is 4.79 Å². The number of hydrogen-bond donors (Lipinski definition) is 2. The molecule has 1 heterocycles. The third kappa shape index (κ3) is 3.44. The van der Waals surface area contributed by atoms with Crippen molar-refractivity contribution in [3.63, 3.8) is 0 Å². The SMILES string of the molecule is CC1CN(CC(=O)Nc2ccc3c(c2)CCC3)C(C)CN1. The number of nitrogens with one attached hydrogen (secondary N) is 2. The molecule has 2 aliphatic rings. The summed E-state index contributed by atoms with van der Waals surface area (Å²) >= 11 is 0. The molecule has 1 fully saturated rings. The number of anilines is 1. The van der Waals surface area contributed by atoms with Gasteiger partial charge in [0.25, 0.3) is 0 Å². The molecular formula is C17H25N3O. The van der Waals surface area contributed by atoms with Crippen LogP contribution in [0.25, 0.3) is 0 Å². The van der Waals surface area contributed by atoms with Crippen LogP contribution in [0.4, 0.5) is 5.69 Å². The fraction of sp³-hybridized carbons (Fsp3) is 0.588. The van der Waals surface area contributed by atoms with Crippen molar-refractivity contribution in [2.75, 3.05) is 25.0 Å². The first kappa shape index (κ1) is 14.5. The van der Waals surface area contributed by atoms with Gasteiger partial charge in [-0.3, -0.25) is 9.69 Å². The molecule has 0 radical (unpaired) electrons. The summed E-state index contributed by atoms with van der Waals surface area (Å²) in [6, 6.07) is 7.20. The minimum Gasteiger partial charge on any atom is -0.325 e. The van der Waals surface area contributed by atoms with Crippen LogP contribution in [0.3, 0.4) is 0 Å². The molecule has 1 aliphatic carbocycles. The number of benzene rings is 1. The Morgan fingerprint density at radius 3 is 3.00 bits per heavy atom. The monoisotopic (exact) mass is 287 g/mol. The Hall–Kier alpha value is -1.39. The Kier molecular flexibility index (Phi) is 4.27. The number of nitrogens with zero attached hydrogens (tertiary/aromatic N) is 1. The van der Waals surface area contributed by atoms with Crippen LogP contribution in [-0.4, -0.2) is 42.5 Å². The van der Waals surface area contributed by atoms with Crippen LogP contribution in [-0.2, 0) is 17.6 Å². The Bertz CT molecular complexity index is 529. The maximum absolute atomic E-state index is 12.3. The van der Waals surface area contributed by atoms with E-state index in [9.17, 15) is 4.79 Å². The van der Waals surface area contributed by atoms with Crippen molar-refractivity contribution in [3.8, 4) is 0 Å². The lowest BCUT2D eigenvalue weighted by molar-refractivity contribution is -0.118. The Labute approximate surface area is 126 Å². The van der Waals surface area contributed by atoms with Crippen molar-refractivity contribution in [1.82, 2.24) is 10.2 Å². The van der Waals surface area contributed by atoms with Crippen LogP contribution in [0.5, 0.6) is 0 Å². The summed E-state index contributed by atoms with van der Waals surface area (Å²) in [5.74, 6) is 0.0916. The standard InChI is InChI=1S/C17H25N3O/c1-12-10-20(13(2)9-18-12)11-17(21)19-16-7-6-14-4-3-5-15(14)8-16/h6-8,12-13,18H,3-5,9-11H2,1-2H3,(H,19,21). The first-order valence-electron chi connectivity index (χ1n) is 8.01. The molecule has 0 aromatic heterocycles. The zero-order chi connectivity index (χ0) is 14.8. The summed E-state index contributed by atoms with van der Waals surface area (Å²) in [6.07, 6.45) is 3.56. The number of fused-ring (bicyclic) bond motifs is 1. The van der Waals surface area contributed by atoms with Crippen LogP contribution in [0.15, 0.2) is 18.2 Å². The van der Waals surface area contributed by atoms with Gasteiger partial charge in [0.2, 0.25) is 5.91 Å². The smallest absolute Gasteiger partial charge is 0.238 e. The van der Waals surface area contributed by atoms with Gasteiger partial charge in [-0.05, 0) is 56.4 Å². The molecule has 4 nitrogen and oxygen atoms in total. The second kappa shape index (κ2) is 6.16. The topological polar surface area (TPSA) is 44.4 Å². The van der Waals surface area contributed by atoms with Gasteiger partial charge in [-0.25, -0.2) is 0 Å². The maximum atomic E-state index is 12.3. The number of piperazine rings is 1. The highest BCUT2D eigenvalue weighted by Gasteiger charge is 2.24. The van der Waals surface area contributed by atoms with Gasteiger partial charge in [0, 0.05) is 30.9 Å². The number of carbonyl (C=O) groups is 1. The summed E-state index contributed by atoms with van der Waals surface area (Å²) in [4.78, 5) is 14.5. The molecule has 4 heteroatoms. The van der Waals surface area contributed by atoms with Crippen molar-refractivity contribution >= 4 is 11.6 Å². The molecule has 2 atom stereocenters. The summed E-state index contributed by atoms with van der Waals surface area (Å²) < 4.78 is 0. The second-order valence-corrected chi connectivity index (χ2v) is 6.47. The summed E-state index contributed by atoms with van der Waals surface area (Å²) in [6.45, 7) is 6.69. The van der Waals surface area contributed by atoms with E-state index in [1.807, 2.05) is 6.07 Å². The summed E-state index contributed by atoms with van der Waals surface area (Å²) in [5.41, 5.74) is 3.78. The maximum Gasteiger partial charge on any atom is 0.238 e. The van der Waals surface area contributed by atoms with E-state index in [-0.39, 0.29) is 5.91 Å². The first-order chi connectivity index (χ1) is 10.1. The van der Waals surface area contributed by atoms with Gasteiger partial charge in [-0.15, -0.1) is 0 Å². The van der Waals surface area contributed by atoms with E-state index < -0.39 is 0 Å². The first-order valence-corrected chi connectivity index (χ1v) is 8.01. The number of aryl methyl sites for hydroxylation is 2. The number of amides is 1. The second-order valence-electron chi connectivity index (χ2n) is 6.47. The van der Waals surface area contributed by atoms with Crippen molar-refractivity contribution in [3.05, 3.63) is 29.3 Å². The Balaban J connectivity index is 1.58. The van der Waals surface area contributed by atoms with E-state index in [0.29, 0.717) is 18.6 Å². The highest BCUT2D eigenvalue weighted by molar-refractivity contribution is 5.92. The average Bonchev–Trinajstić information content (AvgIpc) is 2.90. The Morgan fingerprint density at radius 2 is 2.14 bits per heavy atom. The minimum absolute atomic E-state index is 0.0916. The Morgan fingerprint density at radius 1 is 1.33 bits per heavy atom. The fourth-order valence-electron chi connectivity index (χ4n) is 3.35.